The molecule has 4 heterocycles. The average Bonchev–Trinajstić information content (AvgIpc) is 3.47. The van der Waals surface area contributed by atoms with Crippen LogP contribution in [0.1, 0.15) is 22.3 Å². The monoisotopic (exact) mass is 488 g/mol. The number of aryl methyl sites for hydroxylation is 1. The first-order chi connectivity index (χ1) is 16.9. The zero-order valence-electron chi connectivity index (χ0n) is 19.3. The maximum Gasteiger partial charge on any atom is 0.404 e. The SMILES string of the molecule is CSc1cn(-c2ncc(-c3cc(C)ccn3)cn2)c2cc(C(=O)N3CCC(NC(=O)O)C3)ccc12. The number of pyridine rings is 1. The fourth-order valence-corrected chi connectivity index (χ4v) is 4.95. The van der Waals surface area contributed by atoms with Gasteiger partial charge in [-0.05, 0) is 49.4 Å². The lowest BCUT2D eigenvalue weighted by Crippen LogP contribution is -2.37. The lowest BCUT2D eigenvalue weighted by atomic mass is 10.1. The lowest BCUT2D eigenvalue weighted by Gasteiger charge is -2.17. The Balaban J connectivity index is 1.47. The second kappa shape index (κ2) is 9.38. The van der Waals surface area contributed by atoms with Gasteiger partial charge < -0.3 is 15.3 Å². The second-order valence-corrected chi connectivity index (χ2v) is 9.32. The van der Waals surface area contributed by atoms with Gasteiger partial charge in [-0.25, -0.2) is 14.8 Å². The minimum absolute atomic E-state index is 0.123. The van der Waals surface area contributed by atoms with E-state index in [1.807, 2.05) is 54.3 Å². The van der Waals surface area contributed by atoms with Gasteiger partial charge >= 0.3 is 6.09 Å². The third-order valence-corrected chi connectivity index (χ3v) is 6.87. The number of benzene rings is 1. The van der Waals surface area contributed by atoms with Gasteiger partial charge in [0, 0.05) is 59.3 Å². The molecule has 10 heteroatoms. The molecule has 0 bridgehead atoms. The number of likely N-dealkylation sites (tertiary alicyclic amines) is 1. The van der Waals surface area contributed by atoms with Crippen LogP contribution in [0, 0.1) is 6.92 Å². The van der Waals surface area contributed by atoms with E-state index in [1.54, 1.807) is 35.3 Å². The molecule has 1 aromatic carbocycles. The van der Waals surface area contributed by atoms with E-state index in [0.29, 0.717) is 31.0 Å². The quantitative estimate of drug-likeness (QED) is 0.408. The summed E-state index contributed by atoms with van der Waals surface area (Å²) >= 11 is 1.62. The van der Waals surface area contributed by atoms with Crippen LogP contribution in [0.15, 0.2) is 60.0 Å². The van der Waals surface area contributed by atoms with Gasteiger partial charge in [0.25, 0.3) is 5.91 Å². The fraction of sp³-hybridized carbons (Fsp3) is 0.240. The van der Waals surface area contributed by atoms with E-state index in [2.05, 4.69) is 20.3 Å². The maximum absolute atomic E-state index is 13.2. The van der Waals surface area contributed by atoms with Gasteiger partial charge in [0.2, 0.25) is 5.95 Å². The van der Waals surface area contributed by atoms with Crippen LogP contribution < -0.4 is 5.32 Å². The molecule has 4 aromatic rings. The van der Waals surface area contributed by atoms with E-state index < -0.39 is 6.09 Å². The molecular weight excluding hydrogens is 464 g/mol. The van der Waals surface area contributed by atoms with E-state index in [0.717, 1.165) is 32.6 Å². The summed E-state index contributed by atoms with van der Waals surface area (Å²) in [6.07, 6.45) is 8.78. The van der Waals surface area contributed by atoms with Crippen molar-refractivity contribution in [1.29, 1.82) is 0 Å². The Bertz CT molecular complexity index is 1420. The molecule has 5 rings (SSSR count). The minimum atomic E-state index is -1.07. The molecule has 9 nitrogen and oxygen atoms in total. The van der Waals surface area contributed by atoms with E-state index in [9.17, 15) is 9.59 Å². The van der Waals surface area contributed by atoms with Crippen molar-refractivity contribution < 1.29 is 14.7 Å². The van der Waals surface area contributed by atoms with Crippen LogP contribution in [-0.4, -0.2) is 66.9 Å². The summed E-state index contributed by atoms with van der Waals surface area (Å²) in [4.78, 5) is 40.4. The summed E-state index contributed by atoms with van der Waals surface area (Å²) < 4.78 is 1.89. The van der Waals surface area contributed by atoms with E-state index in [-0.39, 0.29) is 11.9 Å². The number of amides is 2. The smallest absolute Gasteiger partial charge is 0.404 e. The molecule has 3 aromatic heterocycles. The van der Waals surface area contributed by atoms with Gasteiger partial charge in [-0.1, -0.05) is 6.07 Å². The van der Waals surface area contributed by atoms with E-state index >= 15 is 0 Å². The Morgan fingerprint density at radius 2 is 1.94 bits per heavy atom. The second-order valence-electron chi connectivity index (χ2n) is 8.48. The first kappa shape index (κ1) is 22.9. The molecule has 0 radical (unpaired) electrons. The number of nitrogens with zero attached hydrogens (tertiary/aromatic N) is 5. The summed E-state index contributed by atoms with van der Waals surface area (Å²) in [6, 6.07) is 9.30. The van der Waals surface area contributed by atoms with Gasteiger partial charge in [0.05, 0.1) is 17.3 Å². The molecule has 1 saturated heterocycles. The van der Waals surface area contributed by atoms with Crippen molar-refractivity contribution in [3.8, 4) is 17.2 Å². The van der Waals surface area contributed by atoms with Crippen LogP contribution in [-0.2, 0) is 0 Å². The normalized spacial score (nSPS) is 15.5. The summed E-state index contributed by atoms with van der Waals surface area (Å²) in [5, 5.41) is 12.4. The van der Waals surface area contributed by atoms with Crippen LogP contribution in [0.25, 0.3) is 28.1 Å². The molecule has 2 amide bonds. The average molecular weight is 489 g/mol. The topological polar surface area (TPSA) is 113 Å². The number of nitrogens with one attached hydrogen (secondary N) is 1. The molecule has 1 unspecified atom stereocenters. The predicted octanol–water partition coefficient (Wildman–Crippen LogP) is 3.99. The number of hydrogen-bond donors (Lipinski definition) is 2. The van der Waals surface area contributed by atoms with Gasteiger partial charge in [0.15, 0.2) is 0 Å². The highest BCUT2D eigenvalue weighted by molar-refractivity contribution is 7.98. The van der Waals surface area contributed by atoms with Crippen molar-refractivity contribution in [1.82, 2.24) is 29.7 Å². The number of rotatable bonds is 5. The first-order valence-corrected chi connectivity index (χ1v) is 12.4. The van der Waals surface area contributed by atoms with Crippen molar-refractivity contribution in [2.45, 2.75) is 24.3 Å². The largest absolute Gasteiger partial charge is 0.465 e. The molecule has 2 N–H and O–H groups in total. The Kier molecular flexibility index (Phi) is 6.12. The fourth-order valence-electron chi connectivity index (χ4n) is 4.35. The number of carbonyl (C=O) groups is 2. The van der Waals surface area contributed by atoms with Gasteiger partial charge in [-0.3, -0.25) is 14.3 Å². The number of carbonyl (C=O) groups excluding carboxylic acids is 1. The zero-order chi connectivity index (χ0) is 24.5. The maximum atomic E-state index is 13.2. The van der Waals surface area contributed by atoms with Crippen LogP contribution in [0.5, 0.6) is 0 Å². The van der Waals surface area contributed by atoms with Gasteiger partial charge in [0.1, 0.15) is 0 Å². The summed E-state index contributed by atoms with van der Waals surface area (Å²) in [7, 11) is 0. The summed E-state index contributed by atoms with van der Waals surface area (Å²) in [6.45, 7) is 2.88. The molecule has 0 spiro atoms. The number of carboxylic acid groups (broad SMARTS) is 1. The van der Waals surface area contributed by atoms with Crippen molar-refractivity contribution in [2.75, 3.05) is 19.3 Å². The highest BCUT2D eigenvalue weighted by Gasteiger charge is 2.28. The Morgan fingerprint density at radius 3 is 2.66 bits per heavy atom. The van der Waals surface area contributed by atoms with Crippen LogP contribution in [0.4, 0.5) is 4.79 Å². The zero-order valence-corrected chi connectivity index (χ0v) is 20.1. The number of aromatic nitrogens is 4. The molecule has 35 heavy (non-hydrogen) atoms. The number of fused-ring (bicyclic) bond motifs is 1. The van der Waals surface area contributed by atoms with Crippen LogP contribution in [0.2, 0.25) is 0 Å². The lowest BCUT2D eigenvalue weighted by molar-refractivity contribution is 0.0788. The highest BCUT2D eigenvalue weighted by atomic mass is 32.2. The molecule has 1 atom stereocenters. The molecule has 1 fully saturated rings. The number of thioether (sulfide) groups is 1. The molecule has 1 aliphatic rings. The van der Waals surface area contributed by atoms with Crippen molar-refractivity contribution in [2.24, 2.45) is 0 Å². The Labute approximate surface area is 206 Å². The Morgan fingerprint density at radius 1 is 1.14 bits per heavy atom. The summed E-state index contributed by atoms with van der Waals surface area (Å²) in [5.74, 6) is 0.380. The van der Waals surface area contributed by atoms with Gasteiger partial charge in [-0.2, -0.15) is 0 Å². The van der Waals surface area contributed by atoms with Crippen molar-refractivity contribution >= 4 is 34.7 Å². The standard InChI is InChI=1S/C25H24N6O3S/c1-15-5-7-26-20(9-15)17-11-27-24(28-12-17)31-14-22(35-2)19-4-3-16(10-21(19)31)23(32)30-8-6-18(13-30)29-25(33)34/h3-5,7,9-12,14,18,29H,6,8,13H2,1-2H3,(H,33,34). The Hall–Kier alpha value is -3.92. The van der Waals surface area contributed by atoms with Crippen molar-refractivity contribution in [3.05, 3.63) is 66.2 Å². The van der Waals surface area contributed by atoms with Crippen molar-refractivity contribution in [3.63, 3.8) is 0 Å². The third kappa shape index (κ3) is 4.57. The van der Waals surface area contributed by atoms with Crippen LogP contribution in [0.3, 0.4) is 0 Å². The van der Waals surface area contributed by atoms with E-state index in [4.69, 9.17) is 5.11 Å². The van der Waals surface area contributed by atoms with Gasteiger partial charge in [-0.15, -0.1) is 11.8 Å². The first-order valence-electron chi connectivity index (χ1n) is 11.2. The molecule has 1 aliphatic heterocycles. The molecule has 178 valence electrons. The molecule has 0 aliphatic carbocycles. The molecule has 0 saturated carbocycles. The summed E-state index contributed by atoms with van der Waals surface area (Å²) in [5.41, 5.74) is 4.13. The van der Waals surface area contributed by atoms with Crippen LogP contribution >= 0.6 is 11.8 Å². The molecular formula is C25H24N6O3S. The minimum Gasteiger partial charge on any atom is -0.465 e. The third-order valence-electron chi connectivity index (χ3n) is 6.10. The predicted molar refractivity (Wildman–Crippen MR) is 134 cm³/mol. The highest BCUT2D eigenvalue weighted by Crippen LogP contribution is 2.31. The number of hydrogen-bond acceptors (Lipinski definition) is 6. The van der Waals surface area contributed by atoms with E-state index in [1.165, 1.54) is 0 Å².